The standard InChI is InChI=1S/C18H24N4/c1-20-8-4-6-18(20)14-22-11-15-9-21(10-16(15)12-22)13-17-5-2-3-7-19-17/h2-8,15-16H,9-14H2,1H3/t15-,16+. The van der Waals surface area contributed by atoms with Crippen LogP contribution in [-0.4, -0.2) is 45.5 Å². The Morgan fingerprint density at radius 1 is 0.955 bits per heavy atom. The quantitative estimate of drug-likeness (QED) is 0.862. The zero-order valence-corrected chi connectivity index (χ0v) is 13.2. The van der Waals surface area contributed by atoms with Crippen molar-refractivity contribution in [3.63, 3.8) is 0 Å². The molecular formula is C18H24N4. The predicted molar refractivity (Wildman–Crippen MR) is 87.2 cm³/mol. The molecule has 0 aromatic carbocycles. The number of likely N-dealkylation sites (tertiary alicyclic amines) is 2. The summed E-state index contributed by atoms with van der Waals surface area (Å²) in [5.41, 5.74) is 2.62. The molecule has 0 aliphatic carbocycles. The van der Waals surface area contributed by atoms with E-state index < -0.39 is 0 Å². The summed E-state index contributed by atoms with van der Waals surface area (Å²) in [5, 5.41) is 0. The maximum absolute atomic E-state index is 4.46. The summed E-state index contributed by atoms with van der Waals surface area (Å²) in [5.74, 6) is 1.67. The predicted octanol–water partition coefficient (Wildman–Crippen LogP) is 1.98. The lowest BCUT2D eigenvalue weighted by Gasteiger charge is -2.21. The van der Waals surface area contributed by atoms with Crippen LogP contribution >= 0.6 is 0 Å². The number of fused-ring (bicyclic) bond motifs is 1. The Bertz CT molecular complexity index is 607. The van der Waals surface area contributed by atoms with Crippen molar-refractivity contribution in [2.75, 3.05) is 26.2 Å². The molecule has 4 rings (SSSR count). The average molecular weight is 296 g/mol. The number of aromatic nitrogens is 2. The molecule has 0 N–H and O–H groups in total. The van der Waals surface area contributed by atoms with Gasteiger partial charge in [-0.15, -0.1) is 0 Å². The molecule has 4 nitrogen and oxygen atoms in total. The topological polar surface area (TPSA) is 24.3 Å². The highest BCUT2D eigenvalue weighted by molar-refractivity contribution is 5.08. The Balaban J connectivity index is 1.32. The van der Waals surface area contributed by atoms with Crippen LogP contribution in [0.4, 0.5) is 0 Å². The summed E-state index contributed by atoms with van der Waals surface area (Å²) in [4.78, 5) is 9.66. The van der Waals surface area contributed by atoms with Gasteiger partial charge in [-0.25, -0.2) is 0 Å². The van der Waals surface area contributed by atoms with Gasteiger partial charge in [-0.3, -0.25) is 14.8 Å². The highest BCUT2D eigenvalue weighted by Gasteiger charge is 2.39. The molecule has 0 spiro atoms. The Morgan fingerprint density at radius 2 is 1.68 bits per heavy atom. The number of pyridine rings is 1. The van der Waals surface area contributed by atoms with Gasteiger partial charge in [0, 0.05) is 64.4 Å². The molecular weight excluding hydrogens is 272 g/mol. The van der Waals surface area contributed by atoms with Gasteiger partial charge in [0.15, 0.2) is 0 Å². The van der Waals surface area contributed by atoms with E-state index in [9.17, 15) is 0 Å². The zero-order chi connectivity index (χ0) is 14.9. The fourth-order valence-electron chi connectivity index (χ4n) is 4.06. The molecule has 2 atom stereocenters. The van der Waals surface area contributed by atoms with E-state index in [-0.39, 0.29) is 0 Å². The van der Waals surface area contributed by atoms with Crippen molar-refractivity contribution in [1.82, 2.24) is 19.4 Å². The average Bonchev–Trinajstić information content (AvgIpc) is 3.16. The summed E-state index contributed by atoms with van der Waals surface area (Å²) >= 11 is 0. The first kappa shape index (κ1) is 14.0. The van der Waals surface area contributed by atoms with Crippen molar-refractivity contribution < 1.29 is 0 Å². The minimum atomic E-state index is 0.837. The Morgan fingerprint density at radius 3 is 2.27 bits per heavy atom. The Hall–Kier alpha value is -1.65. The second-order valence-corrected chi connectivity index (χ2v) is 6.84. The van der Waals surface area contributed by atoms with Crippen LogP contribution in [0.1, 0.15) is 11.4 Å². The van der Waals surface area contributed by atoms with E-state index in [1.807, 2.05) is 12.3 Å². The molecule has 2 saturated heterocycles. The molecule has 22 heavy (non-hydrogen) atoms. The summed E-state index contributed by atoms with van der Waals surface area (Å²) in [6.45, 7) is 7.04. The van der Waals surface area contributed by atoms with Crippen LogP contribution in [0, 0.1) is 11.8 Å². The van der Waals surface area contributed by atoms with Gasteiger partial charge in [0.1, 0.15) is 0 Å². The minimum Gasteiger partial charge on any atom is -0.353 e. The highest BCUT2D eigenvalue weighted by Crippen LogP contribution is 2.32. The largest absolute Gasteiger partial charge is 0.353 e. The summed E-state index contributed by atoms with van der Waals surface area (Å²) in [6.07, 6.45) is 4.04. The summed E-state index contributed by atoms with van der Waals surface area (Å²) < 4.78 is 2.24. The highest BCUT2D eigenvalue weighted by atomic mass is 15.2. The van der Waals surface area contributed by atoms with Crippen LogP contribution in [0.25, 0.3) is 0 Å². The molecule has 2 fully saturated rings. The van der Waals surface area contributed by atoms with Crippen molar-refractivity contribution in [3.05, 3.63) is 54.1 Å². The fourth-order valence-corrected chi connectivity index (χ4v) is 4.06. The first-order valence-corrected chi connectivity index (χ1v) is 8.23. The molecule has 2 aromatic heterocycles. The van der Waals surface area contributed by atoms with Crippen molar-refractivity contribution in [1.29, 1.82) is 0 Å². The second kappa shape index (κ2) is 5.86. The van der Waals surface area contributed by atoms with E-state index in [4.69, 9.17) is 0 Å². The van der Waals surface area contributed by atoms with E-state index in [1.54, 1.807) is 0 Å². The lowest BCUT2D eigenvalue weighted by Crippen LogP contribution is -2.29. The van der Waals surface area contributed by atoms with E-state index in [0.29, 0.717) is 0 Å². The monoisotopic (exact) mass is 296 g/mol. The third-order valence-electron chi connectivity index (χ3n) is 5.19. The minimum absolute atomic E-state index is 0.837. The molecule has 2 aliphatic heterocycles. The van der Waals surface area contributed by atoms with Crippen molar-refractivity contribution >= 4 is 0 Å². The first-order valence-electron chi connectivity index (χ1n) is 8.23. The van der Waals surface area contributed by atoms with Crippen molar-refractivity contribution in [2.45, 2.75) is 13.1 Å². The maximum atomic E-state index is 4.46. The zero-order valence-electron chi connectivity index (χ0n) is 13.2. The van der Waals surface area contributed by atoms with Crippen LogP contribution in [-0.2, 0) is 20.1 Å². The van der Waals surface area contributed by atoms with Crippen LogP contribution in [0.3, 0.4) is 0 Å². The summed E-state index contributed by atoms with van der Waals surface area (Å²) in [7, 11) is 2.14. The van der Waals surface area contributed by atoms with E-state index in [2.05, 4.69) is 56.9 Å². The van der Waals surface area contributed by atoms with Gasteiger partial charge in [-0.2, -0.15) is 0 Å². The number of nitrogens with zero attached hydrogens (tertiary/aromatic N) is 4. The van der Waals surface area contributed by atoms with Gasteiger partial charge in [0.05, 0.1) is 5.69 Å². The van der Waals surface area contributed by atoms with Gasteiger partial charge in [-0.05, 0) is 36.1 Å². The number of hydrogen-bond donors (Lipinski definition) is 0. The van der Waals surface area contributed by atoms with E-state index in [1.165, 1.54) is 37.6 Å². The van der Waals surface area contributed by atoms with Gasteiger partial charge in [-0.1, -0.05) is 6.07 Å². The normalized spacial score (nSPS) is 25.7. The lowest BCUT2D eigenvalue weighted by atomic mass is 10.0. The maximum Gasteiger partial charge on any atom is 0.0543 e. The van der Waals surface area contributed by atoms with E-state index in [0.717, 1.165) is 24.9 Å². The Labute approximate surface area is 132 Å². The molecule has 4 heterocycles. The molecule has 0 amide bonds. The summed E-state index contributed by atoms with van der Waals surface area (Å²) in [6, 6.07) is 10.6. The molecule has 0 radical (unpaired) electrons. The molecule has 0 unspecified atom stereocenters. The van der Waals surface area contributed by atoms with Gasteiger partial charge in [0.2, 0.25) is 0 Å². The first-order chi connectivity index (χ1) is 10.8. The number of aryl methyl sites for hydroxylation is 1. The number of rotatable bonds is 4. The van der Waals surface area contributed by atoms with Crippen molar-refractivity contribution in [3.8, 4) is 0 Å². The van der Waals surface area contributed by atoms with E-state index >= 15 is 0 Å². The molecule has 116 valence electrons. The van der Waals surface area contributed by atoms with Crippen LogP contribution in [0.15, 0.2) is 42.7 Å². The van der Waals surface area contributed by atoms with Gasteiger partial charge in [0.25, 0.3) is 0 Å². The molecule has 2 aliphatic rings. The van der Waals surface area contributed by atoms with Gasteiger partial charge >= 0.3 is 0 Å². The smallest absolute Gasteiger partial charge is 0.0543 e. The van der Waals surface area contributed by atoms with Crippen LogP contribution < -0.4 is 0 Å². The van der Waals surface area contributed by atoms with Crippen LogP contribution in [0.5, 0.6) is 0 Å². The molecule has 2 aromatic rings. The molecule has 0 saturated carbocycles. The second-order valence-electron chi connectivity index (χ2n) is 6.84. The molecule has 4 heteroatoms. The van der Waals surface area contributed by atoms with Gasteiger partial charge < -0.3 is 4.57 Å². The third kappa shape index (κ3) is 2.81. The molecule has 0 bridgehead atoms. The number of hydrogen-bond acceptors (Lipinski definition) is 3. The Kier molecular flexibility index (Phi) is 3.72. The fraction of sp³-hybridized carbons (Fsp3) is 0.500. The van der Waals surface area contributed by atoms with Crippen LogP contribution in [0.2, 0.25) is 0 Å². The van der Waals surface area contributed by atoms with Crippen molar-refractivity contribution in [2.24, 2.45) is 18.9 Å². The lowest BCUT2D eigenvalue weighted by molar-refractivity contribution is 0.242. The SMILES string of the molecule is Cn1cccc1CN1C[C@H]2CN(Cc3ccccn3)C[C@H]2C1. The third-order valence-corrected chi connectivity index (χ3v) is 5.19.